The summed E-state index contributed by atoms with van der Waals surface area (Å²) in [5.74, 6) is 4.02. The van der Waals surface area contributed by atoms with E-state index in [4.69, 9.17) is 7.80 Å². The number of allylic oxidation sites excluding steroid dienone is 2. The molecule has 0 aromatic heterocycles. The fourth-order valence-electron chi connectivity index (χ4n) is 6.55. The molecule has 0 N–H and O–H groups in total. The number of carbonyl (C=O) groups is 1. The van der Waals surface area contributed by atoms with E-state index in [0.29, 0.717) is 18.9 Å². The maximum absolute atomic E-state index is 11.9. The molecule has 3 fully saturated rings. The highest BCUT2D eigenvalue weighted by Gasteiger charge is 2.58. The number of cyclic esters (lactones) is 1. The number of rotatable bonds is 1. The third-order valence-electron chi connectivity index (χ3n) is 7.97. The Morgan fingerprint density at radius 2 is 2.04 bits per heavy atom. The van der Waals surface area contributed by atoms with Crippen LogP contribution in [0, 0.1) is 34.5 Å². The lowest BCUT2D eigenvalue weighted by atomic mass is 9.46. The zero-order valence-electron chi connectivity index (χ0n) is 14.1. The molecule has 1 heterocycles. The fourth-order valence-corrected chi connectivity index (χ4v) is 7.24. The molecule has 128 valence electrons. The molecule has 0 radical (unpaired) electrons. The Morgan fingerprint density at radius 3 is 2.83 bits per heavy atom. The third kappa shape index (κ3) is 2.30. The van der Waals surface area contributed by atoms with Crippen LogP contribution in [0.15, 0.2) is 11.8 Å². The van der Waals surface area contributed by atoms with E-state index in [1.54, 1.807) is 0 Å². The van der Waals surface area contributed by atoms with E-state index in [1.807, 2.05) is 0 Å². The Morgan fingerprint density at radius 1 is 1.22 bits per heavy atom. The molecule has 3 aliphatic carbocycles. The van der Waals surface area contributed by atoms with Crippen LogP contribution in [0.1, 0.15) is 58.8 Å². The molecule has 3 nitrogen and oxygen atoms in total. The Balaban J connectivity index is 1.63. The van der Waals surface area contributed by atoms with Crippen molar-refractivity contribution in [2.24, 2.45) is 34.5 Å². The van der Waals surface area contributed by atoms with Gasteiger partial charge in [-0.25, -0.2) is 0 Å². The largest absolute Gasteiger partial charge is 0.466 e. The summed E-state index contributed by atoms with van der Waals surface area (Å²) in [5, 5.41) is 0. The maximum atomic E-state index is 11.9. The van der Waals surface area contributed by atoms with E-state index in [1.165, 1.54) is 37.9 Å². The highest BCUT2D eigenvalue weighted by Crippen LogP contribution is 2.65. The van der Waals surface area contributed by atoms with Crippen LogP contribution >= 0.6 is 23.0 Å². The summed E-state index contributed by atoms with van der Waals surface area (Å²) in [5.41, 5.74) is 0.521. The lowest BCUT2D eigenvalue weighted by molar-refractivity contribution is -0.143. The van der Waals surface area contributed by atoms with Crippen LogP contribution in [0.25, 0.3) is 0 Å². The normalized spacial score (nSPS) is 49.2. The molecule has 4 aliphatic rings. The Kier molecular flexibility index (Phi) is 3.97. The van der Waals surface area contributed by atoms with Gasteiger partial charge in [0.05, 0.1) is 6.61 Å². The summed E-state index contributed by atoms with van der Waals surface area (Å²) in [6.07, 6.45) is 10.2. The van der Waals surface area contributed by atoms with Crippen molar-refractivity contribution in [3.63, 3.8) is 0 Å². The van der Waals surface area contributed by atoms with Gasteiger partial charge < -0.3 is 7.80 Å². The third-order valence-corrected chi connectivity index (χ3v) is 8.45. The van der Waals surface area contributed by atoms with Gasteiger partial charge in [0.15, 0.2) is 23.0 Å². The maximum Gasteiger partial charge on any atom is 0.306 e. The number of hydrogen-bond acceptors (Lipinski definition) is 3. The number of ether oxygens (including phenoxy) is 1. The Bertz CT molecular complexity index is 545. The quantitative estimate of drug-likeness (QED) is 0.432. The minimum atomic E-state index is 0.0287. The van der Waals surface area contributed by atoms with Gasteiger partial charge in [-0.3, -0.25) is 4.79 Å². The van der Waals surface area contributed by atoms with Gasteiger partial charge in [0.1, 0.15) is 5.76 Å². The van der Waals surface area contributed by atoms with Gasteiger partial charge in [0.2, 0.25) is 0 Å². The first-order valence-electron chi connectivity index (χ1n) is 9.14. The molecule has 23 heavy (non-hydrogen) atoms. The molecule has 6 unspecified atom stereocenters. The number of fused-ring (bicyclic) bond motifs is 5. The first-order valence-corrected chi connectivity index (χ1v) is 10.0. The van der Waals surface area contributed by atoms with Gasteiger partial charge >= 0.3 is 5.97 Å². The van der Waals surface area contributed by atoms with Crippen LogP contribution < -0.4 is 0 Å². The lowest BCUT2D eigenvalue weighted by Gasteiger charge is -2.58. The van der Waals surface area contributed by atoms with Gasteiger partial charge in [-0.05, 0) is 73.7 Å². The first-order chi connectivity index (χ1) is 11.0. The van der Waals surface area contributed by atoms with Crippen LogP contribution in [0.4, 0.5) is 0 Å². The van der Waals surface area contributed by atoms with Crippen LogP contribution in [-0.4, -0.2) is 12.6 Å². The summed E-state index contributed by atoms with van der Waals surface area (Å²) >= 11 is 2.05. The molecule has 0 aromatic rings. The molecule has 4 heteroatoms. The van der Waals surface area contributed by atoms with Crippen molar-refractivity contribution in [3.8, 4) is 0 Å². The smallest absolute Gasteiger partial charge is 0.306 e. The molecule has 6 atom stereocenters. The Labute approximate surface area is 153 Å². The second kappa shape index (κ2) is 5.63. The van der Waals surface area contributed by atoms with E-state index in [0.717, 1.165) is 24.2 Å². The van der Waals surface area contributed by atoms with Crippen molar-refractivity contribution in [1.29, 1.82) is 0 Å². The number of carbonyl (C=O) groups excluding carboxylic acids is 1. The minimum Gasteiger partial charge on any atom is -0.466 e. The van der Waals surface area contributed by atoms with Crippen molar-refractivity contribution >= 4 is 29.0 Å². The summed E-state index contributed by atoms with van der Waals surface area (Å²) < 4.78 is 11.1. The average Bonchev–Trinajstić information content (AvgIpc) is 2.78. The topological polar surface area (TPSA) is 35.5 Å². The zero-order valence-corrected chi connectivity index (χ0v) is 16.3. The first kappa shape index (κ1) is 16.2. The highest BCUT2D eigenvalue weighted by atomic mass is 127. The van der Waals surface area contributed by atoms with Crippen molar-refractivity contribution < 1.29 is 12.6 Å². The predicted octanol–water partition coefficient (Wildman–Crippen LogP) is 5.04. The van der Waals surface area contributed by atoms with E-state index in [2.05, 4.69) is 42.9 Å². The summed E-state index contributed by atoms with van der Waals surface area (Å²) in [6.45, 7) is 5.49. The van der Waals surface area contributed by atoms with Gasteiger partial charge in [0, 0.05) is 11.8 Å². The van der Waals surface area contributed by atoms with Gasteiger partial charge in [-0.15, -0.1) is 0 Å². The van der Waals surface area contributed by atoms with E-state index in [9.17, 15) is 4.79 Å². The monoisotopic (exact) mass is 430 g/mol. The van der Waals surface area contributed by atoms with Crippen molar-refractivity contribution in [2.75, 3.05) is 6.61 Å². The SMILES string of the molecule is CC12CCC3C(CCC4CC(=O)OCCC43C)C1CC=C2OI. The van der Waals surface area contributed by atoms with Crippen molar-refractivity contribution in [1.82, 2.24) is 0 Å². The molecule has 0 bridgehead atoms. The second-order valence-corrected chi connectivity index (χ2v) is 9.11. The van der Waals surface area contributed by atoms with Crippen molar-refractivity contribution in [2.45, 2.75) is 58.8 Å². The van der Waals surface area contributed by atoms with Crippen LogP contribution in [-0.2, 0) is 12.6 Å². The molecule has 0 aromatic carbocycles. The highest BCUT2D eigenvalue weighted by molar-refractivity contribution is 14.1. The lowest BCUT2D eigenvalue weighted by Crippen LogP contribution is -2.51. The summed E-state index contributed by atoms with van der Waals surface area (Å²) in [6, 6.07) is 0. The average molecular weight is 430 g/mol. The fraction of sp³-hybridized carbons (Fsp3) is 0.842. The molecule has 0 spiro atoms. The molecule has 2 saturated carbocycles. The summed E-state index contributed by atoms with van der Waals surface area (Å²) in [4.78, 5) is 11.9. The van der Waals surface area contributed by atoms with Crippen LogP contribution in [0.3, 0.4) is 0 Å². The van der Waals surface area contributed by atoms with E-state index in [-0.39, 0.29) is 16.8 Å². The molecular formula is C19H27IO3. The standard InChI is InChI=1S/C19H27IO3/c1-18-9-10-22-17(21)11-12(18)3-4-13-14-5-6-16(23-20)19(14,2)8-7-15(13)18/h6,12-15H,3-5,7-11H2,1-2H3. The second-order valence-electron chi connectivity index (χ2n) is 8.67. The number of halogens is 1. The predicted molar refractivity (Wildman–Crippen MR) is 96.6 cm³/mol. The minimum absolute atomic E-state index is 0.0287. The van der Waals surface area contributed by atoms with Crippen LogP contribution in [0.5, 0.6) is 0 Å². The molecule has 4 rings (SSSR count). The van der Waals surface area contributed by atoms with Gasteiger partial charge in [0.25, 0.3) is 0 Å². The molecule has 1 aliphatic heterocycles. The van der Waals surface area contributed by atoms with Gasteiger partial charge in [-0.1, -0.05) is 13.8 Å². The molecule has 0 amide bonds. The van der Waals surface area contributed by atoms with Crippen LogP contribution in [0.2, 0.25) is 0 Å². The molecule has 1 saturated heterocycles. The zero-order chi connectivity index (χ0) is 16.2. The van der Waals surface area contributed by atoms with Crippen molar-refractivity contribution in [3.05, 3.63) is 11.8 Å². The van der Waals surface area contributed by atoms with E-state index >= 15 is 0 Å². The number of hydrogen-bond donors (Lipinski definition) is 0. The number of esters is 1. The summed E-state index contributed by atoms with van der Waals surface area (Å²) in [7, 11) is 0. The van der Waals surface area contributed by atoms with Gasteiger partial charge in [-0.2, -0.15) is 0 Å². The molecular weight excluding hydrogens is 403 g/mol. The Hall–Kier alpha value is -0.260. The van der Waals surface area contributed by atoms with E-state index < -0.39 is 0 Å².